The molecule has 0 spiro atoms. The van der Waals surface area contributed by atoms with Gasteiger partial charge < -0.3 is 9.47 Å². The summed E-state index contributed by atoms with van der Waals surface area (Å²) in [6.07, 6.45) is 0.0271. The lowest BCUT2D eigenvalue weighted by Crippen LogP contribution is -2.47. The van der Waals surface area contributed by atoms with Gasteiger partial charge in [0.2, 0.25) is 0 Å². The molecule has 0 N–H and O–H groups in total. The van der Waals surface area contributed by atoms with Crippen LogP contribution >= 0.6 is 0 Å². The zero-order valence-corrected chi connectivity index (χ0v) is 12.9. The maximum Gasteiger partial charge on any atom is 0.326 e. The number of esters is 1. The average molecular weight is 305 g/mol. The smallest absolute Gasteiger partial charge is 0.326 e. The van der Waals surface area contributed by atoms with Crippen LogP contribution in [0.25, 0.3) is 0 Å². The zero-order valence-electron chi connectivity index (χ0n) is 12.9. The molecule has 6 heteroatoms. The van der Waals surface area contributed by atoms with Crippen molar-refractivity contribution >= 4 is 23.3 Å². The summed E-state index contributed by atoms with van der Waals surface area (Å²) in [4.78, 5) is 36.9. The quantitative estimate of drug-likeness (QED) is 0.614. The molecular weight excluding hydrogens is 286 g/mol. The molecule has 0 saturated carbocycles. The van der Waals surface area contributed by atoms with Gasteiger partial charge in [0.1, 0.15) is 12.3 Å². The van der Waals surface area contributed by atoms with Crippen LogP contribution in [0.3, 0.4) is 0 Å². The molecule has 0 saturated heterocycles. The first-order chi connectivity index (χ1) is 10.4. The van der Waals surface area contributed by atoms with Gasteiger partial charge in [0.05, 0.1) is 12.3 Å². The van der Waals surface area contributed by atoms with Crippen LogP contribution in [0.5, 0.6) is 5.75 Å². The van der Waals surface area contributed by atoms with Crippen LogP contribution in [-0.2, 0) is 14.3 Å². The Labute approximate surface area is 129 Å². The van der Waals surface area contributed by atoms with Crippen molar-refractivity contribution in [3.63, 3.8) is 0 Å². The third kappa shape index (κ3) is 3.27. The summed E-state index contributed by atoms with van der Waals surface area (Å²) in [5, 5.41) is 0. The van der Waals surface area contributed by atoms with E-state index in [1.54, 1.807) is 25.1 Å². The Morgan fingerprint density at radius 2 is 2.09 bits per heavy atom. The van der Waals surface area contributed by atoms with Crippen LogP contribution in [0, 0.1) is 0 Å². The minimum absolute atomic E-state index is 0.123. The molecule has 1 aromatic rings. The Hall–Kier alpha value is -2.37. The third-order valence-corrected chi connectivity index (χ3v) is 3.33. The van der Waals surface area contributed by atoms with Gasteiger partial charge >= 0.3 is 5.97 Å². The lowest BCUT2D eigenvalue weighted by atomic mass is 10.1. The standard InChI is InChI=1S/C16H19NO5/c1-4-7-21-15(19)9-17-13-8-12(10(2)18)5-6-14(13)22-11(3)16(17)20/h5-6,8,11H,4,7,9H2,1-3H3. The van der Waals surface area contributed by atoms with Crippen LogP contribution < -0.4 is 9.64 Å². The summed E-state index contributed by atoms with van der Waals surface area (Å²) in [6, 6.07) is 4.84. The zero-order chi connectivity index (χ0) is 16.3. The molecule has 0 fully saturated rings. The number of nitrogens with zero attached hydrogens (tertiary/aromatic N) is 1. The lowest BCUT2D eigenvalue weighted by Gasteiger charge is -2.32. The number of Topliss-reactive ketones (excluding diaryl/α,β-unsaturated/α-hetero) is 1. The van der Waals surface area contributed by atoms with Crippen molar-refractivity contribution in [2.75, 3.05) is 18.1 Å². The fraction of sp³-hybridized carbons (Fsp3) is 0.438. The summed E-state index contributed by atoms with van der Waals surface area (Å²) in [6.45, 7) is 5.07. The van der Waals surface area contributed by atoms with Gasteiger partial charge in [0.15, 0.2) is 11.9 Å². The monoisotopic (exact) mass is 305 g/mol. The number of carbonyl (C=O) groups excluding carboxylic acids is 3. The van der Waals surface area contributed by atoms with Crippen molar-refractivity contribution in [1.29, 1.82) is 0 Å². The molecule has 1 unspecified atom stereocenters. The van der Waals surface area contributed by atoms with Gasteiger partial charge in [-0.05, 0) is 38.5 Å². The average Bonchev–Trinajstić information content (AvgIpc) is 2.49. The van der Waals surface area contributed by atoms with E-state index in [2.05, 4.69) is 0 Å². The predicted molar refractivity (Wildman–Crippen MR) is 80.1 cm³/mol. The second-order valence-electron chi connectivity index (χ2n) is 5.14. The Balaban J connectivity index is 2.32. The second kappa shape index (κ2) is 6.60. The lowest BCUT2D eigenvalue weighted by molar-refractivity contribution is -0.143. The van der Waals surface area contributed by atoms with Crippen molar-refractivity contribution in [3.05, 3.63) is 23.8 Å². The van der Waals surface area contributed by atoms with Gasteiger partial charge in [-0.25, -0.2) is 0 Å². The summed E-state index contributed by atoms with van der Waals surface area (Å²) in [5.74, 6) is -0.465. The number of ether oxygens (including phenoxy) is 2. The van der Waals surface area contributed by atoms with E-state index in [9.17, 15) is 14.4 Å². The Kier molecular flexibility index (Phi) is 4.80. The third-order valence-electron chi connectivity index (χ3n) is 3.33. The molecular formula is C16H19NO5. The minimum Gasteiger partial charge on any atom is -0.479 e. The molecule has 0 radical (unpaired) electrons. The molecule has 1 amide bonds. The fourth-order valence-corrected chi connectivity index (χ4v) is 2.18. The van der Waals surface area contributed by atoms with Crippen molar-refractivity contribution < 1.29 is 23.9 Å². The van der Waals surface area contributed by atoms with E-state index < -0.39 is 12.1 Å². The Morgan fingerprint density at radius 3 is 2.73 bits per heavy atom. The molecule has 1 atom stereocenters. The normalized spacial score (nSPS) is 16.8. The summed E-state index contributed by atoms with van der Waals surface area (Å²) >= 11 is 0. The number of rotatable bonds is 5. The maximum absolute atomic E-state index is 12.3. The van der Waals surface area contributed by atoms with Gasteiger partial charge in [-0.15, -0.1) is 0 Å². The first-order valence-corrected chi connectivity index (χ1v) is 7.22. The van der Waals surface area contributed by atoms with Gasteiger partial charge in [-0.3, -0.25) is 19.3 Å². The minimum atomic E-state index is -0.686. The highest BCUT2D eigenvalue weighted by atomic mass is 16.5. The molecule has 6 nitrogen and oxygen atoms in total. The molecule has 118 valence electrons. The Morgan fingerprint density at radius 1 is 1.36 bits per heavy atom. The van der Waals surface area contributed by atoms with E-state index in [0.717, 1.165) is 0 Å². The van der Waals surface area contributed by atoms with Crippen LogP contribution in [0.4, 0.5) is 5.69 Å². The second-order valence-corrected chi connectivity index (χ2v) is 5.14. The number of hydrogen-bond donors (Lipinski definition) is 0. The number of hydrogen-bond acceptors (Lipinski definition) is 5. The molecule has 0 bridgehead atoms. The number of fused-ring (bicyclic) bond motifs is 1. The Bertz CT molecular complexity index is 611. The van der Waals surface area contributed by atoms with Crippen molar-refractivity contribution in [1.82, 2.24) is 0 Å². The fourth-order valence-electron chi connectivity index (χ4n) is 2.18. The number of benzene rings is 1. The van der Waals surface area contributed by atoms with Gasteiger partial charge in [-0.1, -0.05) is 6.92 Å². The van der Waals surface area contributed by atoms with Gasteiger partial charge in [0, 0.05) is 5.56 Å². The van der Waals surface area contributed by atoms with E-state index in [1.165, 1.54) is 11.8 Å². The van der Waals surface area contributed by atoms with Gasteiger partial charge in [0.25, 0.3) is 5.91 Å². The highest BCUT2D eigenvalue weighted by Gasteiger charge is 2.33. The van der Waals surface area contributed by atoms with E-state index >= 15 is 0 Å². The number of ketones is 1. The molecule has 1 heterocycles. The largest absolute Gasteiger partial charge is 0.479 e. The molecule has 1 aliphatic heterocycles. The SMILES string of the molecule is CCCOC(=O)CN1C(=O)C(C)Oc2ccc(C(C)=O)cc21. The van der Waals surface area contributed by atoms with E-state index in [4.69, 9.17) is 9.47 Å². The number of anilines is 1. The topological polar surface area (TPSA) is 72.9 Å². The molecule has 1 aromatic carbocycles. The molecule has 0 aromatic heterocycles. The molecule has 22 heavy (non-hydrogen) atoms. The van der Waals surface area contributed by atoms with Crippen molar-refractivity contribution in [2.45, 2.75) is 33.3 Å². The van der Waals surface area contributed by atoms with E-state index in [0.29, 0.717) is 30.0 Å². The van der Waals surface area contributed by atoms with Crippen molar-refractivity contribution in [3.8, 4) is 5.75 Å². The van der Waals surface area contributed by atoms with Crippen LogP contribution in [0.1, 0.15) is 37.6 Å². The summed E-state index contributed by atoms with van der Waals surface area (Å²) in [7, 11) is 0. The molecule has 2 rings (SSSR count). The first kappa shape index (κ1) is 16.0. The van der Waals surface area contributed by atoms with Crippen LogP contribution in [0.15, 0.2) is 18.2 Å². The predicted octanol–water partition coefficient (Wildman–Crippen LogP) is 1.96. The number of carbonyl (C=O) groups is 3. The number of amides is 1. The van der Waals surface area contributed by atoms with Crippen LogP contribution in [0.2, 0.25) is 0 Å². The summed E-state index contributed by atoms with van der Waals surface area (Å²) < 4.78 is 10.5. The van der Waals surface area contributed by atoms with Gasteiger partial charge in [-0.2, -0.15) is 0 Å². The highest BCUT2D eigenvalue weighted by Crippen LogP contribution is 2.35. The molecule has 0 aliphatic carbocycles. The van der Waals surface area contributed by atoms with Crippen molar-refractivity contribution in [2.24, 2.45) is 0 Å². The molecule has 1 aliphatic rings. The highest BCUT2D eigenvalue weighted by molar-refractivity contribution is 6.04. The van der Waals surface area contributed by atoms with E-state index in [1.807, 2.05) is 6.92 Å². The van der Waals surface area contributed by atoms with Crippen LogP contribution in [-0.4, -0.2) is 36.9 Å². The van der Waals surface area contributed by atoms with E-state index in [-0.39, 0.29) is 18.2 Å². The maximum atomic E-state index is 12.3. The first-order valence-electron chi connectivity index (χ1n) is 7.22. The summed E-state index contributed by atoms with van der Waals surface area (Å²) in [5.41, 5.74) is 0.876.